The van der Waals surface area contributed by atoms with Crippen LogP contribution in [-0.2, 0) is 4.79 Å². The van der Waals surface area contributed by atoms with Crippen LogP contribution in [0.2, 0.25) is 0 Å². The second kappa shape index (κ2) is 9.66. The molecular weight excluding hydrogens is 285 g/mol. The minimum atomic E-state index is -3.74. The molecule has 0 heterocycles. The van der Waals surface area contributed by atoms with Crippen molar-refractivity contribution in [3.05, 3.63) is 12.7 Å². The summed E-state index contributed by atoms with van der Waals surface area (Å²) in [6.45, 7) is 4.54. The van der Waals surface area contributed by atoms with Crippen molar-refractivity contribution < 1.29 is 24.3 Å². The quantitative estimate of drug-likeness (QED) is 0.222. The van der Waals surface area contributed by atoms with Gasteiger partial charge in [0.1, 0.15) is 6.16 Å². The summed E-state index contributed by atoms with van der Waals surface area (Å²) in [6.07, 6.45) is 1.98. The van der Waals surface area contributed by atoms with E-state index in [1.165, 1.54) is 11.0 Å². The third kappa shape index (κ3) is 10.7. The van der Waals surface area contributed by atoms with Gasteiger partial charge in [-0.25, -0.2) is 4.79 Å². The summed E-state index contributed by atoms with van der Waals surface area (Å²) in [6, 6.07) is -0.375. The van der Waals surface area contributed by atoms with Gasteiger partial charge in [0.25, 0.3) is 0 Å². The van der Waals surface area contributed by atoms with E-state index >= 15 is 0 Å². The van der Waals surface area contributed by atoms with Crippen molar-refractivity contribution in [2.24, 2.45) is 0 Å². The van der Waals surface area contributed by atoms with Crippen LogP contribution in [0.5, 0.6) is 0 Å². The summed E-state index contributed by atoms with van der Waals surface area (Å²) in [5.41, 5.74) is 0. The molecule has 0 bridgehead atoms. The van der Waals surface area contributed by atoms with Crippen LogP contribution in [0, 0.1) is 0 Å². The van der Waals surface area contributed by atoms with E-state index in [0.29, 0.717) is 19.5 Å². The molecule has 0 atom stereocenters. The number of hydrogen-bond acceptors (Lipinski definition) is 5. The minimum Gasteiger partial charge on any atom is -0.342 e. The molecule has 116 valence electrons. The van der Waals surface area contributed by atoms with Crippen LogP contribution in [0.4, 0.5) is 4.79 Å². The molecule has 5 N–H and O–H groups in total. The van der Waals surface area contributed by atoms with Gasteiger partial charge in [-0.05, 0) is 12.5 Å². The van der Waals surface area contributed by atoms with Crippen LogP contribution in [0.3, 0.4) is 0 Å². The van der Waals surface area contributed by atoms with Crippen LogP contribution in [0.1, 0.15) is 12.8 Å². The molecule has 20 heavy (non-hydrogen) atoms. The van der Waals surface area contributed by atoms with E-state index in [-0.39, 0.29) is 31.1 Å². The molecule has 0 rings (SSSR count). The lowest BCUT2D eigenvalue weighted by Gasteiger charge is -2.15. The van der Waals surface area contributed by atoms with Crippen molar-refractivity contribution >= 4 is 19.9 Å². The first kappa shape index (κ1) is 18.8. The topological polar surface area (TPSA) is 122 Å². The zero-order chi connectivity index (χ0) is 15.6. The van der Waals surface area contributed by atoms with Gasteiger partial charge in [0.15, 0.2) is 0 Å². The lowest BCUT2D eigenvalue weighted by atomic mass is 10.4. The van der Waals surface area contributed by atoms with Crippen molar-refractivity contribution in [2.45, 2.75) is 12.8 Å². The lowest BCUT2D eigenvalue weighted by Crippen LogP contribution is -2.38. The first-order valence-electron chi connectivity index (χ1n) is 6.22. The number of carbonyl (C=O) groups excluding carboxylic acids is 2. The zero-order valence-corrected chi connectivity index (χ0v) is 12.5. The summed E-state index contributed by atoms with van der Waals surface area (Å²) >= 11 is 0. The highest BCUT2D eigenvalue weighted by atomic mass is 31.2. The average Bonchev–Trinajstić information content (AvgIpc) is 2.37. The van der Waals surface area contributed by atoms with Gasteiger partial charge in [0.2, 0.25) is 5.91 Å². The van der Waals surface area contributed by atoms with Crippen LogP contribution < -0.4 is 10.6 Å². The maximum atomic E-state index is 11.3. The molecule has 0 aliphatic heterocycles. The Morgan fingerprint density at radius 2 is 1.75 bits per heavy atom. The maximum Gasteiger partial charge on any atom is 0.403 e. The highest BCUT2D eigenvalue weighted by molar-refractivity contribution is 7.58. The SMILES string of the molecule is C=CC(=O)N(C)CCCNC(=O)NCCC[P+](O)(O)O. The summed E-state index contributed by atoms with van der Waals surface area (Å²) < 4.78 is 0. The average molecular weight is 308 g/mol. The second-order valence-electron chi connectivity index (χ2n) is 4.27. The molecule has 9 heteroatoms. The first-order chi connectivity index (χ1) is 9.26. The lowest BCUT2D eigenvalue weighted by molar-refractivity contribution is -0.124. The summed E-state index contributed by atoms with van der Waals surface area (Å²) in [7, 11) is -2.09. The van der Waals surface area contributed by atoms with Crippen molar-refractivity contribution in [2.75, 3.05) is 32.8 Å². The largest absolute Gasteiger partial charge is 0.403 e. The number of rotatable bonds is 9. The van der Waals surface area contributed by atoms with Crippen molar-refractivity contribution in [1.82, 2.24) is 15.5 Å². The molecule has 0 saturated carbocycles. The molecule has 3 amide bonds. The molecule has 0 aliphatic carbocycles. The number of nitrogens with one attached hydrogen (secondary N) is 2. The van der Waals surface area contributed by atoms with E-state index in [4.69, 9.17) is 14.7 Å². The Balaban J connectivity index is 3.55. The zero-order valence-electron chi connectivity index (χ0n) is 11.6. The first-order valence-corrected chi connectivity index (χ1v) is 8.05. The maximum absolute atomic E-state index is 11.3. The third-order valence-corrected chi connectivity index (χ3v) is 3.34. The van der Waals surface area contributed by atoms with Crippen molar-refractivity contribution in [1.29, 1.82) is 0 Å². The van der Waals surface area contributed by atoms with Crippen molar-refractivity contribution in [3.63, 3.8) is 0 Å². The fourth-order valence-electron chi connectivity index (χ4n) is 1.34. The molecule has 0 aliphatic rings. The summed E-state index contributed by atoms with van der Waals surface area (Å²) in [4.78, 5) is 50.1. The Morgan fingerprint density at radius 3 is 2.25 bits per heavy atom. The number of hydrogen-bond donors (Lipinski definition) is 5. The molecule has 0 saturated heterocycles. The van der Waals surface area contributed by atoms with E-state index in [1.807, 2.05) is 0 Å². The minimum absolute atomic E-state index is 0.137. The fourth-order valence-corrected chi connectivity index (χ4v) is 1.92. The molecule has 0 aromatic heterocycles. The number of nitrogens with zero attached hydrogens (tertiary/aromatic N) is 1. The number of urea groups is 1. The Bertz CT molecular complexity index is 333. The second-order valence-corrected chi connectivity index (χ2v) is 6.10. The van der Waals surface area contributed by atoms with Gasteiger partial charge in [-0.2, -0.15) is 14.7 Å². The van der Waals surface area contributed by atoms with Gasteiger partial charge in [0.05, 0.1) is 0 Å². The van der Waals surface area contributed by atoms with E-state index in [1.54, 1.807) is 7.05 Å². The summed E-state index contributed by atoms with van der Waals surface area (Å²) in [5, 5.41) is 5.12. The Kier molecular flexibility index (Phi) is 9.07. The predicted octanol–water partition coefficient (Wildman–Crippen LogP) is -0.550. The molecule has 0 spiro atoms. The number of carbonyl (C=O) groups is 2. The third-order valence-electron chi connectivity index (χ3n) is 2.43. The van der Waals surface area contributed by atoms with Gasteiger partial charge in [-0.1, -0.05) is 6.58 Å². The fraction of sp³-hybridized carbons (Fsp3) is 0.636. The molecule has 0 aromatic rings. The molecule has 0 aromatic carbocycles. The van der Waals surface area contributed by atoms with E-state index in [2.05, 4.69) is 17.2 Å². The predicted molar refractivity (Wildman–Crippen MR) is 76.9 cm³/mol. The molecular formula is C11H23N3O5P+. The standard InChI is InChI=1S/C11H22N3O5P/c1-3-10(15)14(2)8-4-6-12-11(16)13-7-5-9-20(17,18)19/h3,17-19H,1,4-9H2,2H3,(H-,12,13,16)/p+1. The van der Waals surface area contributed by atoms with E-state index < -0.39 is 7.94 Å². The van der Waals surface area contributed by atoms with Crippen LogP contribution in [-0.4, -0.2) is 64.4 Å². The number of likely N-dealkylation sites (N-methyl/N-ethyl adjacent to an activating group) is 1. The van der Waals surface area contributed by atoms with Gasteiger partial charge in [-0.15, -0.1) is 0 Å². The Morgan fingerprint density at radius 1 is 1.20 bits per heavy atom. The molecule has 0 unspecified atom stereocenters. The van der Waals surface area contributed by atoms with E-state index in [9.17, 15) is 9.59 Å². The molecule has 0 fully saturated rings. The number of amides is 3. The van der Waals surface area contributed by atoms with Crippen LogP contribution in [0.25, 0.3) is 0 Å². The van der Waals surface area contributed by atoms with Gasteiger partial charge >= 0.3 is 14.0 Å². The summed E-state index contributed by atoms with van der Waals surface area (Å²) in [5.74, 6) is -0.168. The highest BCUT2D eigenvalue weighted by Crippen LogP contribution is 2.44. The molecule has 8 nitrogen and oxygen atoms in total. The monoisotopic (exact) mass is 308 g/mol. The Hall–Kier alpha value is -1.21. The highest BCUT2D eigenvalue weighted by Gasteiger charge is 2.28. The molecule has 0 radical (unpaired) electrons. The van der Waals surface area contributed by atoms with Crippen LogP contribution >= 0.6 is 7.94 Å². The smallest absolute Gasteiger partial charge is 0.342 e. The van der Waals surface area contributed by atoms with Gasteiger partial charge in [-0.3, -0.25) is 4.79 Å². The van der Waals surface area contributed by atoms with E-state index in [0.717, 1.165) is 0 Å². The van der Waals surface area contributed by atoms with Gasteiger partial charge < -0.3 is 15.5 Å². The van der Waals surface area contributed by atoms with Crippen molar-refractivity contribution in [3.8, 4) is 0 Å². The normalized spacial score (nSPS) is 10.8. The Labute approximate surface area is 119 Å². The van der Waals surface area contributed by atoms with Gasteiger partial charge in [0, 0.05) is 33.1 Å². The van der Waals surface area contributed by atoms with Crippen LogP contribution in [0.15, 0.2) is 12.7 Å².